The molecule has 17 heavy (non-hydrogen) atoms. The highest BCUT2D eigenvalue weighted by Gasteiger charge is 2.24. The lowest BCUT2D eigenvalue weighted by Crippen LogP contribution is -2.36. The van der Waals surface area contributed by atoms with Crippen molar-refractivity contribution in [1.82, 2.24) is 10.2 Å². The van der Waals surface area contributed by atoms with E-state index < -0.39 is 0 Å². The van der Waals surface area contributed by atoms with Crippen molar-refractivity contribution in [2.24, 2.45) is 5.92 Å². The third-order valence-electron chi connectivity index (χ3n) is 4.12. The first kappa shape index (κ1) is 12.9. The minimum Gasteiger partial charge on any atom is -0.356 e. The molecule has 3 nitrogen and oxygen atoms in total. The van der Waals surface area contributed by atoms with Gasteiger partial charge in [-0.3, -0.25) is 4.79 Å². The van der Waals surface area contributed by atoms with Crippen molar-refractivity contribution in [3.63, 3.8) is 0 Å². The summed E-state index contributed by atoms with van der Waals surface area (Å²) < 4.78 is 0. The Labute approximate surface area is 105 Å². The fourth-order valence-corrected chi connectivity index (χ4v) is 2.69. The molecule has 0 spiro atoms. The van der Waals surface area contributed by atoms with Gasteiger partial charge in [0.2, 0.25) is 5.91 Å². The Hall–Kier alpha value is -0.570. The van der Waals surface area contributed by atoms with Crippen molar-refractivity contribution >= 4 is 5.91 Å². The summed E-state index contributed by atoms with van der Waals surface area (Å²) in [6.45, 7) is 4.55. The van der Waals surface area contributed by atoms with E-state index in [-0.39, 0.29) is 0 Å². The fourth-order valence-electron chi connectivity index (χ4n) is 2.69. The zero-order valence-corrected chi connectivity index (χ0v) is 10.9. The summed E-state index contributed by atoms with van der Waals surface area (Å²) in [5.74, 6) is 0.639. The number of rotatable bonds is 5. The van der Waals surface area contributed by atoms with Crippen molar-refractivity contribution in [2.45, 2.75) is 51.4 Å². The van der Waals surface area contributed by atoms with E-state index in [2.05, 4.69) is 10.2 Å². The van der Waals surface area contributed by atoms with Gasteiger partial charge < -0.3 is 10.2 Å². The number of amides is 1. The summed E-state index contributed by atoms with van der Waals surface area (Å²) in [6.07, 6.45) is 10.1. The summed E-state index contributed by atoms with van der Waals surface area (Å²) in [4.78, 5) is 14.2. The van der Waals surface area contributed by atoms with E-state index in [0.717, 1.165) is 32.4 Å². The molecule has 0 radical (unpaired) electrons. The highest BCUT2D eigenvalue weighted by Crippen LogP contribution is 2.26. The van der Waals surface area contributed by atoms with Crippen molar-refractivity contribution < 1.29 is 4.79 Å². The molecule has 1 aliphatic heterocycles. The molecule has 1 amide bonds. The average molecular weight is 238 g/mol. The van der Waals surface area contributed by atoms with Gasteiger partial charge in [0, 0.05) is 12.5 Å². The summed E-state index contributed by atoms with van der Waals surface area (Å²) in [7, 11) is 0. The molecule has 1 N–H and O–H groups in total. The maximum atomic E-state index is 11.6. The van der Waals surface area contributed by atoms with Crippen LogP contribution in [0.5, 0.6) is 0 Å². The lowest BCUT2D eigenvalue weighted by Gasteiger charge is -2.24. The summed E-state index contributed by atoms with van der Waals surface area (Å²) in [6, 6.07) is 0. The van der Waals surface area contributed by atoms with Crippen LogP contribution in [0.4, 0.5) is 0 Å². The molecule has 3 heteroatoms. The summed E-state index contributed by atoms with van der Waals surface area (Å²) >= 11 is 0. The van der Waals surface area contributed by atoms with Crippen molar-refractivity contribution in [3.8, 4) is 0 Å². The van der Waals surface area contributed by atoms with Crippen LogP contribution in [0.3, 0.4) is 0 Å². The van der Waals surface area contributed by atoms with Crippen LogP contribution in [0.25, 0.3) is 0 Å². The van der Waals surface area contributed by atoms with Crippen molar-refractivity contribution in [2.75, 3.05) is 26.2 Å². The summed E-state index contributed by atoms with van der Waals surface area (Å²) in [5, 5.41) is 3.07. The predicted molar refractivity (Wildman–Crippen MR) is 69.9 cm³/mol. The molecule has 0 aromatic heterocycles. The minimum absolute atomic E-state index is 0.298. The molecule has 0 aromatic rings. The summed E-state index contributed by atoms with van der Waals surface area (Å²) in [5.41, 5.74) is 0. The lowest BCUT2D eigenvalue weighted by atomic mass is 9.85. The van der Waals surface area contributed by atoms with Crippen LogP contribution >= 0.6 is 0 Å². The van der Waals surface area contributed by atoms with Gasteiger partial charge in [-0.2, -0.15) is 0 Å². The monoisotopic (exact) mass is 238 g/mol. The average Bonchev–Trinajstić information content (AvgIpc) is 2.50. The van der Waals surface area contributed by atoms with Crippen molar-refractivity contribution in [1.29, 1.82) is 0 Å². The first-order valence-electron chi connectivity index (χ1n) is 7.36. The SMILES string of the molecule is O=C(NCCCN1CCCCCC1)C1CCC1. The van der Waals surface area contributed by atoms with E-state index in [9.17, 15) is 4.79 Å². The zero-order chi connectivity index (χ0) is 11.9. The second-order valence-electron chi connectivity index (χ2n) is 5.53. The van der Waals surface area contributed by atoms with Gasteiger partial charge in [0.15, 0.2) is 0 Å². The smallest absolute Gasteiger partial charge is 0.223 e. The number of carbonyl (C=O) groups is 1. The number of likely N-dealkylation sites (tertiary alicyclic amines) is 1. The predicted octanol–water partition coefficient (Wildman–Crippen LogP) is 2.17. The molecule has 2 rings (SSSR count). The van der Waals surface area contributed by atoms with Crippen LogP contribution < -0.4 is 5.32 Å². The van der Waals surface area contributed by atoms with Gasteiger partial charge >= 0.3 is 0 Å². The Bertz CT molecular complexity index is 230. The maximum Gasteiger partial charge on any atom is 0.223 e. The molecule has 1 aliphatic carbocycles. The maximum absolute atomic E-state index is 11.6. The Kier molecular flexibility index (Phi) is 5.30. The number of carbonyl (C=O) groups excluding carboxylic acids is 1. The Balaban J connectivity index is 1.51. The van der Waals surface area contributed by atoms with E-state index in [0.29, 0.717) is 11.8 Å². The van der Waals surface area contributed by atoms with E-state index >= 15 is 0 Å². The van der Waals surface area contributed by atoms with Gasteiger partial charge in [-0.05, 0) is 51.7 Å². The van der Waals surface area contributed by atoms with Gasteiger partial charge in [0.05, 0.1) is 0 Å². The van der Waals surface area contributed by atoms with E-state index in [1.807, 2.05) is 0 Å². The molecule has 0 atom stereocenters. The van der Waals surface area contributed by atoms with Crippen LogP contribution in [0.15, 0.2) is 0 Å². The highest BCUT2D eigenvalue weighted by molar-refractivity contribution is 5.79. The molecule has 0 bridgehead atoms. The number of hydrogen-bond donors (Lipinski definition) is 1. The molecule has 1 heterocycles. The Morgan fingerprint density at radius 3 is 2.35 bits per heavy atom. The normalized spacial score (nSPS) is 22.8. The molecule has 0 unspecified atom stereocenters. The third kappa shape index (κ3) is 4.30. The van der Waals surface area contributed by atoms with Gasteiger partial charge in [-0.1, -0.05) is 19.3 Å². The Morgan fingerprint density at radius 2 is 1.76 bits per heavy atom. The molecule has 98 valence electrons. The Morgan fingerprint density at radius 1 is 1.06 bits per heavy atom. The minimum atomic E-state index is 0.298. The molecular weight excluding hydrogens is 212 g/mol. The molecule has 0 aromatic carbocycles. The number of hydrogen-bond acceptors (Lipinski definition) is 2. The largest absolute Gasteiger partial charge is 0.356 e. The molecule has 2 fully saturated rings. The van der Waals surface area contributed by atoms with Gasteiger partial charge in [0.1, 0.15) is 0 Å². The van der Waals surface area contributed by atoms with Gasteiger partial charge in [-0.15, -0.1) is 0 Å². The van der Waals surface area contributed by atoms with Crippen molar-refractivity contribution in [3.05, 3.63) is 0 Å². The molecule has 2 aliphatic rings. The first-order valence-corrected chi connectivity index (χ1v) is 7.36. The van der Waals surface area contributed by atoms with Crippen LogP contribution in [0.2, 0.25) is 0 Å². The fraction of sp³-hybridized carbons (Fsp3) is 0.929. The van der Waals surface area contributed by atoms with Crippen LogP contribution in [0, 0.1) is 5.92 Å². The van der Waals surface area contributed by atoms with Crippen LogP contribution in [-0.4, -0.2) is 37.0 Å². The second-order valence-corrected chi connectivity index (χ2v) is 5.53. The second kappa shape index (κ2) is 7.00. The van der Waals surface area contributed by atoms with Gasteiger partial charge in [0.25, 0.3) is 0 Å². The van der Waals surface area contributed by atoms with E-state index in [4.69, 9.17) is 0 Å². The highest BCUT2D eigenvalue weighted by atomic mass is 16.1. The molecule has 1 saturated heterocycles. The topological polar surface area (TPSA) is 32.3 Å². The standard InChI is InChI=1S/C14H26N2O/c17-14(13-7-5-8-13)15-9-6-12-16-10-3-1-2-4-11-16/h13H,1-12H2,(H,15,17). The number of nitrogens with zero attached hydrogens (tertiary/aromatic N) is 1. The van der Waals surface area contributed by atoms with E-state index in [1.54, 1.807) is 0 Å². The third-order valence-corrected chi connectivity index (χ3v) is 4.12. The molecule has 1 saturated carbocycles. The van der Waals surface area contributed by atoms with Crippen LogP contribution in [0.1, 0.15) is 51.4 Å². The van der Waals surface area contributed by atoms with E-state index in [1.165, 1.54) is 45.2 Å². The zero-order valence-electron chi connectivity index (χ0n) is 10.9. The first-order chi connectivity index (χ1) is 8.36. The molecular formula is C14H26N2O. The lowest BCUT2D eigenvalue weighted by molar-refractivity contribution is -0.127. The van der Waals surface area contributed by atoms with Crippen LogP contribution in [-0.2, 0) is 4.79 Å². The quantitative estimate of drug-likeness (QED) is 0.745. The van der Waals surface area contributed by atoms with Gasteiger partial charge in [-0.25, -0.2) is 0 Å². The number of nitrogens with one attached hydrogen (secondary N) is 1.